The molecule has 4 atom stereocenters. The number of halogens is 14. The van der Waals surface area contributed by atoms with Gasteiger partial charge in [0, 0.05) is 147 Å². The lowest BCUT2D eigenvalue weighted by Gasteiger charge is -2.20. The number of esters is 4. The summed E-state index contributed by atoms with van der Waals surface area (Å²) in [5.41, 5.74) is 7.53. The fourth-order valence-corrected chi connectivity index (χ4v) is 18.0. The number of pyridine rings is 5. The number of carbonyl (C=O) groups excluding carboxylic acids is 8. The van der Waals surface area contributed by atoms with E-state index >= 15 is 0 Å². The van der Waals surface area contributed by atoms with Gasteiger partial charge in [-0.3, -0.25) is 44.1 Å². The van der Waals surface area contributed by atoms with Gasteiger partial charge >= 0.3 is 23.9 Å². The third-order valence-electron chi connectivity index (χ3n) is 23.4. The topological polar surface area (TPSA) is 347 Å². The summed E-state index contributed by atoms with van der Waals surface area (Å²) in [6, 6.07) is 46.8. The van der Waals surface area contributed by atoms with Crippen molar-refractivity contribution in [1.29, 1.82) is 5.26 Å². The Balaban J connectivity index is 0.000000167. The molecule has 5 heterocycles. The molecule has 16 rings (SSSR count). The molecule has 5 aromatic heterocycles. The molecular weight excluding hydrogens is 2070 g/mol. The van der Waals surface area contributed by atoms with Gasteiger partial charge in [-0.05, 0) is 132 Å². The lowest BCUT2D eigenvalue weighted by atomic mass is 9.93. The number of aromatic nitrogens is 5. The van der Waals surface area contributed by atoms with Gasteiger partial charge in [0.15, 0.2) is 0 Å². The Kier molecular flexibility index (Phi) is 37.6. The molecule has 0 unspecified atom stereocenters. The Labute approximate surface area is 875 Å². The second kappa shape index (κ2) is 50.8. The van der Waals surface area contributed by atoms with E-state index in [0.717, 1.165) is 106 Å². The highest BCUT2D eigenvalue weighted by Crippen LogP contribution is 2.46. The van der Waals surface area contributed by atoms with E-state index in [2.05, 4.69) is 46.2 Å². The number of hydrogen-bond donors (Lipinski definition) is 4. The van der Waals surface area contributed by atoms with Crippen molar-refractivity contribution in [3.05, 3.63) is 377 Å². The molecule has 768 valence electrons. The van der Waals surface area contributed by atoms with E-state index in [1.165, 1.54) is 26.6 Å². The van der Waals surface area contributed by atoms with E-state index in [-0.39, 0.29) is 41.5 Å². The summed E-state index contributed by atoms with van der Waals surface area (Å²) in [4.78, 5) is 123. The van der Waals surface area contributed by atoms with Gasteiger partial charge in [0.2, 0.25) is 0 Å². The van der Waals surface area contributed by atoms with Crippen LogP contribution in [0.5, 0.6) is 17.2 Å². The molecule has 0 aliphatic rings. The van der Waals surface area contributed by atoms with Crippen molar-refractivity contribution in [2.75, 3.05) is 56.4 Å². The number of nitrogens with one attached hydrogen (secondary N) is 4. The van der Waals surface area contributed by atoms with E-state index in [1.54, 1.807) is 142 Å². The van der Waals surface area contributed by atoms with Gasteiger partial charge in [-0.2, -0.15) is 5.26 Å². The van der Waals surface area contributed by atoms with Gasteiger partial charge in [0.05, 0.1) is 116 Å². The van der Waals surface area contributed by atoms with Crippen LogP contribution in [-0.2, 0) is 75.2 Å². The Morgan fingerprint density at radius 2 is 0.647 bits per heavy atom. The summed E-state index contributed by atoms with van der Waals surface area (Å²) in [5, 5.41) is 22.5. The lowest BCUT2D eigenvalue weighted by molar-refractivity contribution is -0.143. The van der Waals surface area contributed by atoms with Gasteiger partial charge in [0.1, 0.15) is 116 Å². The van der Waals surface area contributed by atoms with Gasteiger partial charge in [0.25, 0.3) is 23.6 Å². The predicted molar refractivity (Wildman–Crippen MR) is 545 cm³/mol. The van der Waals surface area contributed by atoms with Crippen LogP contribution in [0.3, 0.4) is 0 Å². The number of fused-ring (bicyclic) bond motifs is 4. The number of nitrogens with zero attached hydrogens (tertiary/aromatic N) is 6. The van der Waals surface area contributed by atoms with Crippen molar-refractivity contribution in [3.8, 4) is 67.8 Å². The van der Waals surface area contributed by atoms with Crippen molar-refractivity contribution in [3.63, 3.8) is 0 Å². The van der Waals surface area contributed by atoms with Crippen LogP contribution in [0.4, 0.5) is 39.5 Å². The minimum absolute atomic E-state index is 0.0292. The maximum atomic E-state index is 14.5. The zero-order valence-corrected chi connectivity index (χ0v) is 83.9. The highest BCUT2D eigenvalue weighted by molar-refractivity contribution is 6.40. The molecule has 16 aromatic rings. The van der Waals surface area contributed by atoms with Crippen LogP contribution in [-0.4, -0.2) is 153 Å². The summed E-state index contributed by atoms with van der Waals surface area (Å²) in [6.07, 6.45) is 9.11. The number of methoxy groups -OCH3 is 7. The first-order valence-electron chi connectivity index (χ1n) is 45.0. The molecule has 0 spiro atoms. The Hall–Kier alpha value is -16.4. The van der Waals surface area contributed by atoms with Crippen molar-refractivity contribution >= 4 is 149 Å². The van der Waals surface area contributed by atoms with E-state index < -0.39 is 146 Å². The van der Waals surface area contributed by atoms with E-state index in [0.29, 0.717) is 156 Å². The first-order valence-corrected chi connectivity index (χ1v) is 46.8. The van der Waals surface area contributed by atoms with Crippen LogP contribution in [0.25, 0.3) is 88.1 Å². The highest BCUT2D eigenvalue weighted by atomic mass is 35.5. The maximum absolute atomic E-state index is 14.5. The average Bonchev–Trinajstić information content (AvgIpc) is 0.768. The second-order valence-corrected chi connectivity index (χ2v) is 34.5. The summed E-state index contributed by atoms with van der Waals surface area (Å²) < 4.78 is 169. The normalized spacial score (nSPS) is 11.7. The smallest absolute Gasteiger partial charge is 0.328 e. The van der Waals surface area contributed by atoms with E-state index in [4.69, 9.17) is 101 Å². The van der Waals surface area contributed by atoms with Gasteiger partial charge in [-0.1, -0.05) is 155 Å². The number of benzene rings is 11. The number of hydrogen-bond acceptors (Lipinski definition) is 22. The standard InChI is InChI=1S/C31H30F2N2O6.C28H20ClF2N3O4.C26H17Cl2F3N2O3.C25H17Cl2F2N3O3/c1-5-41-17-18-14-25(38-2)27(26(15-18)39-3)21-12-11-19(20-8-7-13-34-29(20)21)16-24(31(37)40-4)35-30(36)28-22(32)9-6-10-23(28)33;1-37-17-12-22(30)25(23(31)13-17)27(35)34-24(28(36)38-2)11-16-6-8-20(26-18(16)4-3-9-33-26)19-7-5-15(14-32)10-21(19)29;1-36-26(35)21(33-25(34)23-19(30)5-2-6-20(23)31)10-13-7-8-16(24-15(13)4-3-9-32-24)22-17(27)11-14(29)12-18(22)28;1-35-25(34)20(32-24(33)22-18(28)5-2-6-19(22)29)10-13-7-8-15(23-14(13)4-3-9-31-23)21-16(26)11-30-12-17(21)27/h6-15,24H,5,16-17H2,1-4H3,(H,35,36);3-10,12-13,24H,11H2,1-2H3,(H,34,35);2-9,11-12,21H,10H2,1H3,(H,33,34);2-9,11-12,20H,10H2,1H3,(H,32,33)/t2*24-;21-;20-/m0000/s1. The zero-order chi connectivity index (χ0) is 108. The first-order chi connectivity index (χ1) is 72.1. The Morgan fingerprint density at radius 3 is 0.953 bits per heavy atom. The minimum Gasteiger partial charge on any atom is -0.497 e. The fraction of sp³-hybridized carbons (Fsp3) is 0.164. The van der Waals surface area contributed by atoms with Crippen molar-refractivity contribution in [2.24, 2.45) is 0 Å². The molecule has 4 amide bonds. The summed E-state index contributed by atoms with van der Waals surface area (Å²) in [6.45, 7) is 2.86. The Morgan fingerprint density at radius 1 is 0.340 bits per heavy atom. The van der Waals surface area contributed by atoms with Crippen LogP contribution < -0.4 is 35.5 Å². The fourth-order valence-electron chi connectivity index (χ4n) is 16.4. The number of carbonyl (C=O) groups is 8. The number of nitriles is 1. The second-order valence-electron chi connectivity index (χ2n) is 32.5. The quantitative estimate of drug-likeness (QED) is 0.0184. The van der Waals surface area contributed by atoms with Crippen LogP contribution in [0.1, 0.15) is 81.7 Å². The molecule has 26 nitrogen and oxygen atoms in total. The maximum Gasteiger partial charge on any atom is 0.328 e. The van der Waals surface area contributed by atoms with Crippen LogP contribution in [0, 0.1) is 63.7 Å². The molecule has 0 aliphatic carbocycles. The molecule has 11 aromatic carbocycles. The van der Waals surface area contributed by atoms with Crippen LogP contribution >= 0.6 is 58.0 Å². The molecule has 0 fully saturated rings. The van der Waals surface area contributed by atoms with Crippen LogP contribution in [0.2, 0.25) is 25.1 Å². The van der Waals surface area contributed by atoms with Crippen LogP contribution in [0.15, 0.2) is 243 Å². The third-order valence-corrected chi connectivity index (χ3v) is 24.9. The third kappa shape index (κ3) is 25.5. The van der Waals surface area contributed by atoms with E-state index in [9.17, 15) is 77.9 Å². The van der Waals surface area contributed by atoms with Crippen molar-refractivity contribution < 1.29 is 116 Å². The predicted octanol–water partition coefficient (Wildman–Crippen LogP) is 22.0. The van der Waals surface area contributed by atoms with Gasteiger partial charge in [-0.15, -0.1) is 0 Å². The molecule has 4 N–H and O–H groups in total. The molecule has 0 aliphatic heterocycles. The molecule has 150 heavy (non-hydrogen) atoms. The monoisotopic (exact) mass is 2150 g/mol. The Bertz CT molecular complexity index is 7810. The molecule has 40 heteroatoms. The molecular formula is C110H84Cl5F9N10O16. The van der Waals surface area contributed by atoms with E-state index in [1.807, 2.05) is 37.3 Å². The molecule has 0 saturated carbocycles. The summed E-state index contributed by atoms with van der Waals surface area (Å²) >= 11 is 31.7. The largest absolute Gasteiger partial charge is 0.497 e. The molecule has 0 bridgehead atoms. The van der Waals surface area contributed by atoms with Crippen molar-refractivity contribution in [2.45, 2.75) is 63.4 Å². The SMILES string of the molecule is CCOCc1cc(OC)c(-c2ccc(C[C@H](NC(=O)c3c(F)cccc3F)C(=O)OC)c3cccnc23)c(OC)c1.COC(=O)[C@H](Cc1ccc(-c2c(Cl)cc(F)cc2Cl)c2ncccc12)NC(=O)c1c(F)cccc1F.COC(=O)[C@H](Cc1ccc(-c2c(Cl)cncc2Cl)c2ncccc12)NC(=O)c1c(F)cccc1F.COC(=O)[C@H](Cc1ccc(-c2ccc(C#N)cc2Cl)c2ncccc12)NC(=O)c1c(F)cc(OC)cc1F. The summed E-state index contributed by atoms with van der Waals surface area (Å²) in [7, 11) is 8.96. The number of ether oxygens (including phenoxy) is 8. The lowest BCUT2D eigenvalue weighted by Crippen LogP contribution is -2.43. The number of amides is 4. The summed E-state index contributed by atoms with van der Waals surface area (Å²) in [5.74, 6) is -15.7. The average molecular weight is 2150 g/mol. The van der Waals surface area contributed by atoms with Gasteiger partial charge < -0.3 is 59.2 Å². The highest BCUT2D eigenvalue weighted by Gasteiger charge is 2.35. The van der Waals surface area contributed by atoms with Gasteiger partial charge in [-0.25, -0.2) is 58.7 Å². The molecule has 0 radical (unpaired) electrons. The number of rotatable bonds is 30. The first kappa shape index (κ1) is 111. The molecule has 0 saturated heterocycles. The minimum atomic E-state index is -1.27. The zero-order valence-electron chi connectivity index (χ0n) is 80.2. The van der Waals surface area contributed by atoms with Crippen molar-refractivity contribution in [1.82, 2.24) is 46.2 Å².